The van der Waals surface area contributed by atoms with Crippen LogP contribution in [-0.2, 0) is 12.3 Å². The van der Waals surface area contributed by atoms with Crippen LogP contribution in [0.25, 0.3) is 0 Å². The van der Waals surface area contributed by atoms with Gasteiger partial charge in [0.1, 0.15) is 5.01 Å². The van der Waals surface area contributed by atoms with Crippen molar-refractivity contribution in [2.45, 2.75) is 38.6 Å². The number of nitrogens with one attached hydrogen (secondary N) is 1. The fourth-order valence-electron chi connectivity index (χ4n) is 3.30. The molecule has 0 spiro atoms. The molecule has 1 unspecified atom stereocenters. The maximum atomic E-state index is 12.3. The van der Waals surface area contributed by atoms with E-state index in [0.29, 0.717) is 29.6 Å². The number of carboxylic acid groups (broad SMARTS) is 1. The lowest BCUT2D eigenvalue weighted by atomic mass is 9.87. The molecule has 0 fully saturated rings. The van der Waals surface area contributed by atoms with Crippen LogP contribution in [0.1, 0.15) is 52.2 Å². The van der Waals surface area contributed by atoms with Crippen molar-refractivity contribution >= 4 is 40.6 Å². The SMILES string of the molecule is CC(C)CC1c2ccc(NC(=O)c3nnc(CCl)s3)cc2CCN1C(=O)O. The minimum atomic E-state index is -0.893. The number of amides is 2. The third-order valence-electron chi connectivity index (χ3n) is 4.47. The minimum Gasteiger partial charge on any atom is -0.465 e. The van der Waals surface area contributed by atoms with Gasteiger partial charge >= 0.3 is 6.09 Å². The molecule has 0 aliphatic carbocycles. The molecule has 144 valence electrons. The molecule has 1 aliphatic rings. The van der Waals surface area contributed by atoms with Crippen LogP contribution in [0.4, 0.5) is 10.5 Å². The lowest BCUT2D eigenvalue weighted by Crippen LogP contribution is -2.39. The molecule has 2 N–H and O–H groups in total. The first-order valence-electron chi connectivity index (χ1n) is 8.71. The predicted octanol–water partition coefficient (Wildman–Crippen LogP) is 4.15. The van der Waals surface area contributed by atoms with E-state index in [4.69, 9.17) is 11.6 Å². The standard InChI is InChI=1S/C18H21ClN4O3S/c1-10(2)7-14-13-4-3-12(8-11(13)5-6-23(14)18(25)26)20-16(24)17-22-21-15(9-19)27-17/h3-4,8,10,14H,5-7,9H2,1-2H3,(H,20,24)(H,25,26). The molecule has 9 heteroatoms. The topological polar surface area (TPSA) is 95.4 Å². The largest absolute Gasteiger partial charge is 0.465 e. The van der Waals surface area contributed by atoms with E-state index in [1.807, 2.05) is 12.1 Å². The summed E-state index contributed by atoms with van der Waals surface area (Å²) in [5, 5.41) is 20.9. The molecule has 0 radical (unpaired) electrons. The number of fused-ring (bicyclic) bond motifs is 1. The van der Waals surface area contributed by atoms with Gasteiger partial charge in [-0.1, -0.05) is 31.3 Å². The summed E-state index contributed by atoms with van der Waals surface area (Å²) in [6.45, 7) is 4.62. The Morgan fingerprint density at radius 1 is 1.41 bits per heavy atom. The third kappa shape index (κ3) is 4.39. The number of carbonyl (C=O) groups excluding carboxylic acids is 1. The summed E-state index contributed by atoms with van der Waals surface area (Å²) in [5.74, 6) is 0.266. The lowest BCUT2D eigenvalue weighted by molar-refractivity contribution is 0.102. The Morgan fingerprint density at radius 3 is 2.81 bits per heavy atom. The number of rotatable bonds is 5. The van der Waals surface area contributed by atoms with Gasteiger partial charge in [0.05, 0.1) is 11.9 Å². The van der Waals surface area contributed by atoms with E-state index in [1.165, 1.54) is 4.90 Å². The van der Waals surface area contributed by atoms with E-state index in [1.54, 1.807) is 6.07 Å². The predicted molar refractivity (Wildman–Crippen MR) is 104 cm³/mol. The summed E-state index contributed by atoms with van der Waals surface area (Å²) in [5.41, 5.74) is 2.73. The van der Waals surface area contributed by atoms with Gasteiger partial charge in [-0.3, -0.25) is 4.79 Å². The maximum Gasteiger partial charge on any atom is 0.407 e. The molecule has 0 bridgehead atoms. The molecule has 1 aliphatic heterocycles. The number of hydrogen-bond donors (Lipinski definition) is 2. The Hall–Kier alpha value is -2.19. The molecule has 27 heavy (non-hydrogen) atoms. The Labute approximate surface area is 166 Å². The summed E-state index contributed by atoms with van der Waals surface area (Å²) in [6.07, 6.45) is 0.488. The van der Waals surface area contributed by atoms with E-state index in [0.717, 1.165) is 28.9 Å². The van der Waals surface area contributed by atoms with Crippen LogP contribution in [0.3, 0.4) is 0 Å². The number of hydrogen-bond acceptors (Lipinski definition) is 5. The van der Waals surface area contributed by atoms with Gasteiger partial charge < -0.3 is 15.3 Å². The van der Waals surface area contributed by atoms with Crippen molar-refractivity contribution < 1.29 is 14.7 Å². The van der Waals surface area contributed by atoms with E-state index in [9.17, 15) is 14.7 Å². The van der Waals surface area contributed by atoms with Crippen LogP contribution in [-0.4, -0.2) is 38.7 Å². The molecule has 1 aromatic carbocycles. The van der Waals surface area contributed by atoms with Crippen molar-refractivity contribution in [3.05, 3.63) is 39.3 Å². The van der Waals surface area contributed by atoms with Crippen molar-refractivity contribution in [1.82, 2.24) is 15.1 Å². The average Bonchev–Trinajstić information content (AvgIpc) is 3.10. The van der Waals surface area contributed by atoms with Crippen molar-refractivity contribution in [3.63, 3.8) is 0 Å². The van der Waals surface area contributed by atoms with Gasteiger partial charge in [0.25, 0.3) is 5.91 Å². The van der Waals surface area contributed by atoms with Gasteiger partial charge in [0.15, 0.2) is 0 Å². The van der Waals surface area contributed by atoms with Crippen LogP contribution in [0, 0.1) is 5.92 Å². The number of alkyl halides is 1. The Kier molecular flexibility index (Phi) is 5.96. The molecule has 1 atom stereocenters. The highest BCUT2D eigenvalue weighted by Crippen LogP contribution is 2.35. The zero-order chi connectivity index (χ0) is 19.6. The van der Waals surface area contributed by atoms with Gasteiger partial charge in [-0.2, -0.15) is 0 Å². The van der Waals surface area contributed by atoms with Crippen molar-refractivity contribution in [1.29, 1.82) is 0 Å². The second-order valence-corrected chi connectivity index (χ2v) is 8.20. The summed E-state index contributed by atoms with van der Waals surface area (Å²) in [6, 6.07) is 5.48. The van der Waals surface area contributed by atoms with E-state index >= 15 is 0 Å². The Balaban J connectivity index is 1.81. The van der Waals surface area contributed by atoms with E-state index in [-0.39, 0.29) is 22.8 Å². The van der Waals surface area contributed by atoms with Gasteiger partial charge in [-0.25, -0.2) is 4.79 Å². The fraction of sp³-hybridized carbons (Fsp3) is 0.444. The molecule has 0 saturated carbocycles. The zero-order valence-electron chi connectivity index (χ0n) is 15.1. The smallest absolute Gasteiger partial charge is 0.407 e. The summed E-state index contributed by atoms with van der Waals surface area (Å²) in [7, 11) is 0. The van der Waals surface area contributed by atoms with Gasteiger partial charge in [-0.05, 0) is 42.0 Å². The molecular formula is C18H21ClN4O3S. The number of halogens is 1. The molecule has 0 saturated heterocycles. The number of nitrogens with zero attached hydrogens (tertiary/aromatic N) is 3. The van der Waals surface area contributed by atoms with E-state index < -0.39 is 6.09 Å². The fourth-order valence-corrected chi connectivity index (χ4v) is 4.11. The van der Waals surface area contributed by atoms with Gasteiger partial charge in [0, 0.05) is 12.2 Å². The van der Waals surface area contributed by atoms with Crippen LogP contribution < -0.4 is 5.32 Å². The highest BCUT2D eigenvalue weighted by Gasteiger charge is 2.31. The highest BCUT2D eigenvalue weighted by atomic mass is 35.5. The average molecular weight is 409 g/mol. The molecule has 2 heterocycles. The molecule has 2 amide bonds. The normalized spacial score (nSPS) is 16.3. The van der Waals surface area contributed by atoms with Crippen LogP contribution in [0.5, 0.6) is 0 Å². The summed E-state index contributed by atoms with van der Waals surface area (Å²) >= 11 is 6.86. The number of benzene rings is 1. The lowest BCUT2D eigenvalue weighted by Gasteiger charge is -2.36. The maximum absolute atomic E-state index is 12.3. The van der Waals surface area contributed by atoms with Crippen LogP contribution >= 0.6 is 22.9 Å². The van der Waals surface area contributed by atoms with Crippen molar-refractivity contribution in [3.8, 4) is 0 Å². The van der Waals surface area contributed by atoms with Crippen LogP contribution in [0.15, 0.2) is 18.2 Å². The highest BCUT2D eigenvalue weighted by molar-refractivity contribution is 7.13. The molecule has 2 aromatic rings. The van der Waals surface area contributed by atoms with Crippen molar-refractivity contribution in [2.75, 3.05) is 11.9 Å². The van der Waals surface area contributed by atoms with Gasteiger partial charge in [0.2, 0.25) is 5.01 Å². The van der Waals surface area contributed by atoms with Gasteiger partial charge in [-0.15, -0.1) is 21.8 Å². The summed E-state index contributed by atoms with van der Waals surface area (Å²) < 4.78 is 0. The Bertz CT molecular complexity index is 855. The minimum absolute atomic E-state index is 0.162. The number of carbonyl (C=O) groups is 2. The number of anilines is 1. The number of aromatic nitrogens is 2. The first-order valence-corrected chi connectivity index (χ1v) is 10.1. The first-order chi connectivity index (χ1) is 12.9. The molecular weight excluding hydrogens is 388 g/mol. The molecule has 7 nitrogen and oxygen atoms in total. The molecule has 3 rings (SSSR count). The second kappa shape index (κ2) is 8.22. The Morgan fingerprint density at radius 2 is 2.19 bits per heavy atom. The zero-order valence-corrected chi connectivity index (χ0v) is 16.7. The quantitative estimate of drug-likeness (QED) is 0.724. The first kappa shape index (κ1) is 19.6. The second-order valence-electron chi connectivity index (χ2n) is 6.87. The summed E-state index contributed by atoms with van der Waals surface area (Å²) in [4.78, 5) is 25.4. The van der Waals surface area contributed by atoms with Crippen molar-refractivity contribution in [2.24, 2.45) is 5.92 Å². The van der Waals surface area contributed by atoms with E-state index in [2.05, 4.69) is 29.4 Å². The molecule has 1 aromatic heterocycles. The van der Waals surface area contributed by atoms with Crippen LogP contribution in [0.2, 0.25) is 0 Å². The monoisotopic (exact) mass is 408 g/mol. The third-order valence-corrected chi connectivity index (χ3v) is 5.81.